The van der Waals surface area contributed by atoms with Crippen molar-refractivity contribution in [2.45, 2.75) is 12.5 Å². The monoisotopic (exact) mass is 264 g/mol. The highest BCUT2D eigenvalue weighted by molar-refractivity contribution is 7.10. The van der Waals surface area contributed by atoms with E-state index in [4.69, 9.17) is 9.47 Å². The fourth-order valence-corrected chi connectivity index (χ4v) is 2.33. The molecule has 0 amide bonds. The molecule has 96 valence electrons. The van der Waals surface area contributed by atoms with Crippen molar-refractivity contribution < 1.29 is 14.6 Å². The summed E-state index contributed by atoms with van der Waals surface area (Å²) in [7, 11) is 1.63. The zero-order valence-electron chi connectivity index (χ0n) is 10.2. The van der Waals surface area contributed by atoms with Gasteiger partial charge in [0.25, 0.3) is 0 Å². The number of ether oxygens (including phenoxy) is 2. The second-order valence-electron chi connectivity index (χ2n) is 3.84. The summed E-state index contributed by atoms with van der Waals surface area (Å²) in [4.78, 5) is 0.980. The Morgan fingerprint density at radius 1 is 1.17 bits per heavy atom. The molecule has 0 saturated carbocycles. The molecule has 1 aromatic heterocycles. The Labute approximate surface area is 111 Å². The average molecular weight is 264 g/mol. The van der Waals surface area contributed by atoms with Crippen LogP contribution >= 0.6 is 11.3 Å². The minimum atomic E-state index is -0.441. The lowest BCUT2D eigenvalue weighted by molar-refractivity contribution is 0.144. The molecule has 0 fully saturated rings. The van der Waals surface area contributed by atoms with Crippen LogP contribution in [0.3, 0.4) is 0 Å². The van der Waals surface area contributed by atoms with Crippen LogP contribution < -0.4 is 9.47 Å². The predicted molar refractivity (Wildman–Crippen MR) is 72.4 cm³/mol. The van der Waals surface area contributed by atoms with E-state index in [2.05, 4.69) is 0 Å². The Balaban J connectivity index is 1.77. The SMILES string of the molecule is COc1ccc(OCCC(O)c2cccs2)cc1. The first kappa shape index (κ1) is 12.9. The van der Waals surface area contributed by atoms with Gasteiger partial charge in [0.1, 0.15) is 11.5 Å². The summed E-state index contributed by atoms with van der Waals surface area (Å²) in [5, 5.41) is 11.8. The highest BCUT2D eigenvalue weighted by atomic mass is 32.1. The van der Waals surface area contributed by atoms with Gasteiger partial charge in [-0.1, -0.05) is 6.07 Å². The lowest BCUT2D eigenvalue weighted by Gasteiger charge is -2.10. The summed E-state index contributed by atoms with van der Waals surface area (Å²) < 4.78 is 10.6. The first-order valence-corrected chi connectivity index (χ1v) is 6.66. The zero-order chi connectivity index (χ0) is 12.8. The fraction of sp³-hybridized carbons (Fsp3) is 0.286. The standard InChI is InChI=1S/C14H16O3S/c1-16-11-4-6-12(7-5-11)17-9-8-13(15)14-3-2-10-18-14/h2-7,10,13,15H,8-9H2,1H3. The lowest BCUT2D eigenvalue weighted by Crippen LogP contribution is -2.04. The van der Waals surface area contributed by atoms with Crippen molar-refractivity contribution in [3.05, 3.63) is 46.7 Å². The lowest BCUT2D eigenvalue weighted by atomic mass is 10.2. The summed E-state index contributed by atoms with van der Waals surface area (Å²) in [6, 6.07) is 11.3. The van der Waals surface area contributed by atoms with Crippen LogP contribution in [0.25, 0.3) is 0 Å². The van der Waals surface area contributed by atoms with Gasteiger partial charge in [-0.2, -0.15) is 0 Å². The zero-order valence-corrected chi connectivity index (χ0v) is 11.0. The van der Waals surface area contributed by atoms with Crippen LogP contribution in [0.2, 0.25) is 0 Å². The molecular formula is C14H16O3S. The molecule has 0 spiro atoms. The largest absolute Gasteiger partial charge is 0.497 e. The molecule has 1 unspecified atom stereocenters. The number of benzene rings is 1. The van der Waals surface area contributed by atoms with E-state index in [0.29, 0.717) is 13.0 Å². The van der Waals surface area contributed by atoms with Crippen LogP contribution in [-0.2, 0) is 0 Å². The number of methoxy groups -OCH3 is 1. The highest BCUT2D eigenvalue weighted by Crippen LogP contribution is 2.22. The molecule has 2 rings (SSSR count). The van der Waals surface area contributed by atoms with E-state index in [0.717, 1.165) is 16.4 Å². The van der Waals surface area contributed by atoms with Crippen LogP contribution in [0.1, 0.15) is 17.4 Å². The maximum absolute atomic E-state index is 9.88. The third kappa shape index (κ3) is 3.48. The molecule has 2 aromatic rings. The molecule has 3 nitrogen and oxygen atoms in total. The minimum absolute atomic E-state index is 0.441. The maximum atomic E-state index is 9.88. The third-order valence-corrected chi connectivity index (χ3v) is 3.56. The summed E-state index contributed by atoms with van der Waals surface area (Å²) in [6.45, 7) is 0.491. The van der Waals surface area contributed by atoms with Crippen molar-refractivity contribution in [3.63, 3.8) is 0 Å². The first-order chi connectivity index (χ1) is 8.79. The smallest absolute Gasteiger partial charge is 0.119 e. The molecule has 1 aromatic carbocycles. The van der Waals surface area contributed by atoms with Gasteiger partial charge in [0.2, 0.25) is 0 Å². The summed E-state index contributed by atoms with van der Waals surface area (Å²) in [5.41, 5.74) is 0. The van der Waals surface area contributed by atoms with E-state index in [1.54, 1.807) is 18.4 Å². The van der Waals surface area contributed by atoms with E-state index in [1.807, 2.05) is 41.8 Å². The molecule has 1 atom stereocenters. The van der Waals surface area contributed by atoms with E-state index in [1.165, 1.54) is 0 Å². The van der Waals surface area contributed by atoms with E-state index < -0.39 is 6.10 Å². The Hall–Kier alpha value is -1.52. The molecule has 0 saturated heterocycles. The van der Waals surface area contributed by atoms with E-state index in [9.17, 15) is 5.11 Å². The van der Waals surface area contributed by atoms with Crippen molar-refractivity contribution >= 4 is 11.3 Å². The molecule has 4 heteroatoms. The average Bonchev–Trinajstić information content (AvgIpc) is 2.93. The molecular weight excluding hydrogens is 248 g/mol. The van der Waals surface area contributed by atoms with Crippen LogP contribution in [0.15, 0.2) is 41.8 Å². The first-order valence-electron chi connectivity index (χ1n) is 5.78. The van der Waals surface area contributed by atoms with E-state index in [-0.39, 0.29) is 0 Å². The summed E-state index contributed by atoms with van der Waals surface area (Å²) in [5.74, 6) is 1.59. The van der Waals surface area contributed by atoms with Crippen LogP contribution in [0.4, 0.5) is 0 Å². The topological polar surface area (TPSA) is 38.7 Å². The summed E-state index contributed by atoms with van der Waals surface area (Å²) in [6.07, 6.45) is 0.148. The maximum Gasteiger partial charge on any atom is 0.119 e. The predicted octanol–water partition coefficient (Wildman–Crippen LogP) is 3.26. The van der Waals surface area contributed by atoms with E-state index >= 15 is 0 Å². The van der Waals surface area contributed by atoms with Crippen molar-refractivity contribution in [2.75, 3.05) is 13.7 Å². The Morgan fingerprint density at radius 3 is 2.50 bits per heavy atom. The third-order valence-electron chi connectivity index (χ3n) is 2.59. The molecule has 0 aliphatic rings. The molecule has 1 N–H and O–H groups in total. The fourth-order valence-electron chi connectivity index (χ4n) is 1.58. The Bertz CT molecular complexity index is 450. The van der Waals surface area contributed by atoms with Gasteiger partial charge in [-0.25, -0.2) is 0 Å². The quantitative estimate of drug-likeness (QED) is 0.870. The molecule has 1 heterocycles. The van der Waals surface area contributed by atoms with Crippen LogP contribution in [0.5, 0.6) is 11.5 Å². The number of thiophene rings is 1. The molecule has 0 aliphatic heterocycles. The molecule has 0 bridgehead atoms. The number of rotatable bonds is 6. The van der Waals surface area contributed by atoms with Crippen molar-refractivity contribution in [2.24, 2.45) is 0 Å². The van der Waals surface area contributed by atoms with Gasteiger partial charge in [-0.05, 0) is 35.7 Å². The van der Waals surface area contributed by atoms with Crippen molar-refractivity contribution in [1.29, 1.82) is 0 Å². The Morgan fingerprint density at radius 2 is 1.89 bits per heavy atom. The van der Waals surface area contributed by atoms with Gasteiger partial charge in [0, 0.05) is 11.3 Å². The van der Waals surface area contributed by atoms with Gasteiger partial charge in [-0.15, -0.1) is 11.3 Å². The highest BCUT2D eigenvalue weighted by Gasteiger charge is 2.08. The Kier molecular flexibility index (Phi) is 4.61. The second-order valence-corrected chi connectivity index (χ2v) is 4.82. The normalized spacial score (nSPS) is 12.1. The molecule has 18 heavy (non-hydrogen) atoms. The number of hydrogen-bond donors (Lipinski definition) is 1. The number of hydrogen-bond acceptors (Lipinski definition) is 4. The van der Waals surface area contributed by atoms with Crippen LogP contribution in [0, 0.1) is 0 Å². The van der Waals surface area contributed by atoms with Gasteiger partial charge in [0.05, 0.1) is 19.8 Å². The second kappa shape index (κ2) is 6.42. The molecule has 0 radical (unpaired) electrons. The van der Waals surface area contributed by atoms with Crippen LogP contribution in [-0.4, -0.2) is 18.8 Å². The number of aliphatic hydroxyl groups is 1. The molecule has 0 aliphatic carbocycles. The minimum Gasteiger partial charge on any atom is -0.497 e. The van der Waals surface area contributed by atoms with Gasteiger partial charge in [-0.3, -0.25) is 0 Å². The van der Waals surface area contributed by atoms with Crippen molar-refractivity contribution in [3.8, 4) is 11.5 Å². The van der Waals surface area contributed by atoms with Gasteiger partial charge < -0.3 is 14.6 Å². The van der Waals surface area contributed by atoms with Crippen molar-refractivity contribution in [1.82, 2.24) is 0 Å². The summed E-state index contributed by atoms with van der Waals surface area (Å²) >= 11 is 1.56. The van der Waals surface area contributed by atoms with Gasteiger partial charge >= 0.3 is 0 Å². The van der Waals surface area contributed by atoms with Gasteiger partial charge in [0.15, 0.2) is 0 Å². The number of aliphatic hydroxyl groups excluding tert-OH is 1.